The van der Waals surface area contributed by atoms with E-state index < -0.39 is 0 Å². The Kier molecular flexibility index (Phi) is 6.73. The summed E-state index contributed by atoms with van der Waals surface area (Å²) in [6.07, 6.45) is 9.81. The van der Waals surface area contributed by atoms with Crippen LogP contribution < -0.4 is 15.8 Å². The van der Waals surface area contributed by atoms with E-state index in [1.165, 1.54) is 12.8 Å². The van der Waals surface area contributed by atoms with Crippen LogP contribution in [0, 0.1) is 12.3 Å². The maximum Gasteiger partial charge on any atom is 0.213 e. The van der Waals surface area contributed by atoms with Gasteiger partial charge < -0.3 is 20.9 Å². The summed E-state index contributed by atoms with van der Waals surface area (Å²) in [7, 11) is 1.62. The number of hydrogen-bond acceptors (Lipinski definition) is 6. The average molecular weight is 513 g/mol. The van der Waals surface area contributed by atoms with Gasteiger partial charge in [0.2, 0.25) is 5.88 Å². The molecule has 8 nitrogen and oxygen atoms in total. The number of anilines is 1. The SMILES string of the molecule is CCc1cc(O)ccc1/N=C(\N)c1cnn2cc(-c3cnc(OC)cc3C)cc2c1N[C@H]1CCCC1(C)C. The van der Waals surface area contributed by atoms with E-state index in [9.17, 15) is 5.11 Å². The molecule has 1 saturated carbocycles. The number of nitrogens with two attached hydrogens (primary N) is 1. The Labute approximate surface area is 223 Å². The Hall–Kier alpha value is -4.07. The number of ether oxygens (including phenoxy) is 1. The van der Waals surface area contributed by atoms with Gasteiger partial charge >= 0.3 is 0 Å². The molecule has 0 saturated heterocycles. The zero-order chi connectivity index (χ0) is 27.0. The number of aromatic nitrogens is 3. The average Bonchev–Trinajstić information content (AvgIpc) is 3.47. The number of aliphatic imine (C=N–C) groups is 1. The van der Waals surface area contributed by atoms with Crippen LogP contribution in [0.15, 0.2) is 53.9 Å². The molecule has 0 spiro atoms. The van der Waals surface area contributed by atoms with Crippen LogP contribution in [0.3, 0.4) is 0 Å². The molecule has 1 fully saturated rings. The molecule has 8 heteroatoms. The molecular formula is C30H36N6O2. The summed E-state index contributed by atoms with van der Waals surface area (Å²) < 4.78 is 7.18. The van der Waals surface area contributed by atoms with Crippen molar-refractivity contribution in [1.29, 1.82) is 0 Å². The Morgan fingerprint density at radius 3 is 2.76 bits per heavy atom. The molecule has 4 aromatic rings. The Morgan fingerprint density at radius 2 is 2.08 bits per heavy atom. The van der Waals surface area contributed by atoms with Crippen LogP contribution in [-0.4, -0.2) is 38.7 Å². The number of fused-ring (bicyclic) bond motifs is 1. The minimum Gasteiger partial charge on any atom is -0.508 e. The van der Waals surface area contributed by atoms with Crippen molar-refractivity contribution < 1.29 is 9.84 Å². The maximum absolute atomic E-state index is 9.92. The third-order valence-electron chi connectivity index (χ3n) is 7.78. The van der Waals surface area contributed by atoms with Crippen molar-refractivity contribution in [2.24, 2.45) is 16.1 Å². The summed E-state index contributed by atoms with van der Waals surface area (Å²) in [4.78, 5) is 9.21. The van der Waals surface area contributed by atoms with Crippen molar-refractivity contribution in [3.8, 4) is 22.8 Å². The number of aryl methyl sites for hydroxylation is 2. The molecule has 1 atom stereocenters. The molecule has 1 aliphatic rings. The number of amidine groups is 1. The van der Waals surface area contributed by atoms with Gasteiger partial charge in [0.05, 0.1) is 35.8 Å². The highest BCUT2D eigenvalue weighted by Gasteiger charge is 2.35. The summed E-state index contributed by atoms with van der Waals surface area (Å²) in [5, 5.41) is 18.5. The van der Waals surface area contributed by atoms with Gasteiger partial charge in [-0.15, -0.1) is 0 Å². The van der Waals surface area contributed by atoms with Gasteiger partial charge in [0, 0.05) is 35.6 Å². The highest BCUT2D eigenvalue weighted by atomic mass is 16.5. The predicted octanol–water partition coefficient (Wildman–Crippen LogP) is 6.01. The number of nitrogens with one attached hydrogen (secondary N) is 1. The normalized spacial score (nSPS) is 17.2. The molecule has 0 radical (unpaired) electrons. The third-order valence-corrected chi connectivity index (χ3v) is 7.78. The van der Waals surface area contributed by atoms with Crippen molar-refractivity contribution in [2.45, 2.75) is 59.4 Å². The number of phenolic OH excluding ortho intramolecular Hbond substituents is 1. The minimum absolute atomic E-state index is 0.154. The van der Waals surface area contributed by atoms with Crippen molar-refractivity contribution in [3.05, 3.63) is 65.6 Å². The Bertz CT molecular complexity index is 1520. The standard InChI is InChI=1S/C30H36N6O2/c1-6-19-13-21(37)9-10-24(19)34-29(31)23-16-33-36-17-20(22-15-32-27(38-5)12-18(22)2)14-25(36)28(23)35-26-8-7-11-30(26,3)4/h9-10,12-17,26,35,37H,6-8,11H2,1-5H3,(H2,31,34)/t26-/m0/s1. The summed E-state index contributed by atoms with van der Waals surface area (Å²) >= 11 is 0. The predicted molar refractivity (Wildman–Crippen MR) is 153 cm³/mol. The van der Waals surface area contributed by atoms with Gasteiger partial charge in [-0.05, 0) is 67.0 Å². The lowest BCUT2D eigenvalue weighted by atomic mass is 9.87. The first-order valence-corrected chi connectivity index (χ1v) is 13.2. The van der Waals surface area contributed by atoms with Gasteiger partial charge in [0.15, 0.2) is 0 Å². The fourth-order valence-electron chi connectivity index (χ4n) is 5.42. The number of benzene rings is 1. The molecule has 198 valence electrons. The number of hydrogen-bond donors (Lipinski definition) is 3. The first-order valence-electron chi connectivity index (χ1n) is 13.2. The molecule has 0 aliphatic heterocycles. The number of methoxy groups -OCH3 is 1. The number of phenols is 1. The highest BCUT2D eigenvalue weighted by molar-refractivity contribution is 6.06. The third kappa shape index (κ3) is 4.78. The molecule has 1 aliphatic carbocycles. The van der Waals surface area contributed by atoms with E-state index >= 15 is 0 Å². The van der Waals surface area contributed by atoms with Crippen LogP contribution >= 0.6 is 0 Å². The fraction of sp³-hybridized carbons (Fsp3) is 0.367. The lowest BCUT2D eigenvalue weighted by Crippen LogP contribution is -2.32. The van der Waals surface area contributed by atoms with E-state index in [0.29, 0.717) is 17.8 Å². The summed E-state index contributed by atoms with van der Waals surface area (Å²) in [5.41, 5.74) is 14.2. The zero-order valence-corrected chi connectivity index (χ0v) is 22.7. The second-order valence-electron chi connectivity index (χ2n) is 10.8. The molecular weight excluding hydrogens is 476 g/mol. The van der Waals surface area contributed by atoms with Crippen LogP contribution in [0.4, 0.5) is 11.4 Å². The molecule has 0 unspecified atom stereocenters. The number of rotatable bonds is 7. The van der Waals surface area contributed by atoms with Gasteiger partial charge in [0.25, 0.3) is 0 Å². The van der Waals surface area contributed by atoms with E-state index in [4.69, 9.17) is 20.6 Å². The quantitative estimate of drug-likeness (QED) is 0.207. The first-order chi connectivity index (χ1) is 18.2. The number of nitrogens with zero attached hydrogens (tertiary/aromatic N) is 4. The van der Waals surface area contributed by atoms with Crippen LogP contribution in [-0.2, 0) is 6.42 Å². The summed E-state index contributed by atoms with van der Waals surface area (Å²) in [6, 6.07) is 9.53. The Balaban J connectivity index is 1.65. The van der Waals surface area contributed by atoms with E-state index in [0.717, 1.165) is 57.6 Å². The zero-order valence-electron chi connectivity index (χ0n) is 22.7. The molecule has 0 amide bonds. The van der Waals surface area contributed by atoms with Gasteiger partial charge in [0.1, 0.15) is 11.6 Å². The molecule has 3 aromatic heterocycles. The van der Waals surface area contributed by atoms with Crippen LogP contribution in [0.25, 0.3) is 16.6 Å². The van der Waals surface area contributed by atoms with Gasteiger partial charge in [-0.3, -0.25) is 0 Å². The van der Waals surface area contributed by atoms with Gasteiger partial charge in [-0.2, -0.15) is 5.10 Å². The maximum atomic E-state index is 9.92. The van der Waals surface area contributed by atoms with Gasteiger partial charge in [-0.25, -0.2) is 14.5 Å². The van der Waals surface area contributed by atoms with Crippen molar-refractivity contribution in [2.75, 3.05) is 12.4 Å². The monoisotopic (exact) mass is 512 g/mol. The van der Waals surface area contributed by atoms with Crippen LogP contribution in [0.5, 0.6) is 11.6 Å². The number of aromatic hydroxyl groups is 1. The smallest absolute Gasteiger partial charge is 0.213 e. The molecule has 38 heavy (non-hydrogen) atoms. The summed E-state index contributed by atoms with van der Waals surface area (Å²) in [6.45, 7) is 8.71. The van der Waals surface area contributed by atoms with Crippen molar-refractivity contribution in [3.63, 3.8) is 0 Å². The van der Waals surface area contributed by atoms with E-state index in [1.54, 1.807) is 31.5 Å². The number of pyridine rings is 1. The highest BCUT2D eigenvalue weighted by Crippen LogP contribution is 2.41. The lowest BCUT2D eigenvalue weighted by molar-refractivity contribution is 0.350. The van der Waals surface area contributed by atoms with Gasteiger partial charge in [-0.1, -0.05) is 27.2 Å². The molecule has 3 heterocycles. The molecule has 5 rings (SSSR count). The van der Waals surface area contributed by atoms with E-state index in [2.05, 4.69) is 37.1 Å². The largest absolute Gasteiger partial charge is 0.508 e. The first kappa shape index (κ1) is 25.6. The Morgan fingerprint density at radius 1 is 1.26 bits per heavy atom. The lowest BCUT2D eigenvalue weighted by Gasteiger charge is -2.29. The molecule has 0 bridgehead atoms. The summed E-state index contributed by atoms with van der Waals surface area (Å²) in [5.74, 6) is 1.19. The van der Waals surface area contributed by atoms with Crippen molar-refractivity contribution >= 4 is 22.7 Å². The van der Waals surface area contributed by atoms with Crippen molar-refractivity contribution in [1.82, 2.24) is 14.6 Å². The van der Waals surface area contributed by atoms with E-state index in [-0.39, 0.29) is 11.2 Å². The molecule has 1 aromatic carbocycles. The minimum atomic E-state index is 0.154. The topological polar surface area (TPSA) is 110 Å². The van der Waals surface area contributed by atoms with E-state index in [1.807, 2.05) is 29.9 Å². The molecule has 4 N–H and O–H groups in total. The fourth-order valence-corrected chi connectivity index (χ4v) is 5.42. The second-order valence-corrected chi connectivity index (χ2v) is 10.8. The van der Waals surface area contributed by atoms with Crippen LogP contribution in [0.2, 0.25) is 0 Å². The second kappa shape index (κ2) is 10.0. The van der Waals surface area contributed by atoms with Crippen LogP contribution in [0.1, 0.15) is 56.7 Å².